The van der Waals surface area contributed by atoms with Gasteiger partial charge in [-0.25, -0.2) is 4.79 Å². The molecule has 38 heavy (non-hydrogen) atoms. The number of fused-ring (bicyclic) bond motifs is 2. The molecule has 1 aliphatic carbocycles. The predicted molar refractivity (Wildman–Crippen MR) is 141 cm³/mol. The second kappa shape index (κ2) is 14.0. The molecule has 4 N–H and O–H groups in total. The number of ketones is 2. The lowest BCUT2D eigenvalue weighted by atomic mass is 9.86. The standard InChI is InChI=1S/C28H38N2O8/c1-15-10-19-13-20(31)14-21(25(19)33)30-27(34)16(2)8-7-9-22(36-5)26(38-28(29)35)18(4)12-17(3)24(32)23(11-15)37-6/h7-9,12-15,17,22-24,26,32H,10-11H2,1-6H3,(H2,29,35)(H,30,34). The number of allylic oxidation sites excluding steroid dienone is 5. The van der Waals surface area contributed by atoms with E-state index in [1.54, 1.807) is 39.0 Å². The SMILES string of the molecule is COC1C=CC=C(C)C(=O)NC2=CC(=O)C=C(CC(C)CC(OC)C(O)C(C)C=C(C)C1OC(N)=O)C2=O. The zero-order chi connectivity index (χ0) is 28.6. The van der Waals surface area contributed by atoms with E-state index in [1.165, 1.54) is 26.4 Å². The molecule has 0 spiro atoms. The quantitative estimate of drug-likeness (QED) is 0.371. The van der Waals surface area contributed by atoms with Gasteiger partial charge >= 0.3 is 6.09 Å². The summed E-state index contributed by atoms with van der Waals surface area (Å²) in [6.45, 7) is 6.98. The smallest absolute Gasteiger partial charge is 0.405 e. The van der Waals surface area contributed by atoms with Crippen LogP contribution >= 0.6 is 0 Å². The van der Waals surface area contributed by atoms with E-state index < -0.39 is 53.9 Å². The van der Waals surface area contributed by atoms with Crippen LogP contribution < -0.4 is 11.1 Å². The molecule has 2 amide bonds. The number of nitrogens with two attached hydrogens (primary N) is 1. The Morgan fingerprint density at radius 2 is 1.79 bits per heavy atom. The van der Waals surface area contributed by atoms with Crippen molar-refractivity contribution < 1.29 is 38.5 Å². The summed E-state index contributed by atoms with van der Waals surface area (Å²) in [5.74, 6) is -1.93. The van der Waals surface area contributed by atoms with Gasteiger partial charge in [0.15, 0.2) is 11.9 Å². The Bertz CT molecular complexity index is 1080. The number of rotatable bonds is 3. The first-order valence-electron chi connectivity index (χ1n) is 12.4. The number of amides is 2. The highest BCUT2D eigenvalue weighted by atomic mass is 16.6. The van der Waals surface area contributed by atoms with Crippen molar-refractivity contribution >= 4 is 23.6 Å². The van der Waals surface area contributed by atoms with Crippen molar-refractivity contribution in [2.75, 3.05) is 14.2 Å². The predicted octanol–water partition coefficient (Wildman–Crippen LogP) is 2.43. The van der Waals surface area contributed by atoms with E-state index >= 15 is 0 Å². The molecule has 2 rings (SSSR count). The maximum atomic E-state index is 13.0. The minimum Gasteiger partial charge on any atom is -0.439 e. The second-order valence-corrected chi connectivity index (χ2v) is 9.79. The molecule has 2 aliphatic rings. The largest absolute Gasteiger partial charge is 0.439 e. The molecule has 6 unspecified atom stereocenters. The van der Waals surface area contributed by atoms with Crippen LogP contribution in [0.3, 0.4) is 0 Å². The van der Waals surface area contributed by atoms with E-state index in [1.807, 2.05) is 6.92 Å². The molecule has 1 aliphatic heterocycles. The summed E-state index contributed by atoms with van der Waals surface area (Å²) < 4.78 is 16.4. The first-order chi connectivity index (χ1) is 17.9. The maximum absolute atomic E-state index is 13.0. The third-order valence-corrected chi connectivity index (χ3v) is 6.61. The van der Waals surface area contributed by atoms with E-state index in [4.69, 9.17) is 19.9 Å². The van der Waals surface area contributed by atoms with Gasteiger partial charge in [0.25, 0.3) is 5.91 Å². The highest BCUT2D eigenvalue weighted by molar-refractivity contribution is 6.21. The number of hydrogen-bond donors (Lipinski definition) is 3. The van der Waals surface area contributed by atoms with Crippen LogP contribution in [0.4, 0.5) is 4.79 Å². The monoisotopic (exact) mass is 530 g/mol. The van der Waals surface area contributed by atoms with E-state index in [0.29, 0.717) is 12.0 Å². The van der Waals surface area contributed by atoms with Gasteiger partial charge in [0.2, 0.25) is 5.78 Å². The molecule has 2 bridgehead atoms. The normalized spacial score (nSPS) is 30.0. The third kappa shape index (κ3) is 8.34. The lowest BCUT2D eigenvalue weighted by molar-refractivity contribution is -0.120. The molecule has 0 saturated carbocycles. The average molecular weight is 531 g/mol. The molecule has 0 saturated heterocycles. The zero-order valence-electron chi connectivity index (χ0n) is 22.7. The Labute approximate surface area is 223 Å². The molecule has 0 fully saturated rings. The second-order valence-electron chi connectivity index (χ2n) is 9.79. The van der Waals surface area contributed by atoms with Gasteiger partial charge in [-0.2, -0.15) is 0 Å². The van der Waals surface area contributed by atoms with E-state index in [2.05, 4.69) is 5.32 Å². The van der Waals surface area contributed by atoms with Crippen LogP contribution in [0.5, 0.6) is 0 Å². The molecule has 10 nitrogen and oxygen atoms in total. The number of carbonyl (C=O) groups is 4. The van der Waals surface area contributed by atoms with Gasteiger partial charge < -0.3 is 30.4 Å². The van der Waals surface area contributed by atoms with Crippen molar-refractivity contribution in [3.05, 3.63) is 58.9 Å². The number of primary amides is 1. The van der Waals surface area contributed by atoms with Crippen LogP contribution in [0.1, 0.15) is 40.5 Å². The minimum absolute atomic E-state index is 0.0965. The molecular formula is C28H38N2O8. The Morgan fingerprint density at radius 1 is 1.11 bits per heavy atom. The van der Waals surface area contributed by atoms with E-state index in [-0.39, 0.29) is 29.2 Å². The molecule has 0 aromatic rings. The number of aliphatic hydroxyl groups excluding tert-OH is 1. The van der Waals surface area contributed by atoms with Crippen molar-refractivity contribution in [3.63, 3.8) is 0 Å². The number of hydrogen-bond acceptors (Lipinski definition) is 8. The van der Waals surface area contributed by atoms with Crippen molar-refractivity contribution in [2.45, 2.75) is 65.0 Å². The number of ether oxygens (including phenoxy) is 3. The topological polar surface area (TPSA) is 154 Å². The minimum atomic E-state index is -0.993. The van der Waals surface area contributed by atoms with Gasteiger partial charge in [-0.15, -0.1) is 0 Å². The highest BCUT2D eigenvalue weighted by Crippen LogP contribution is 2.27. The van der Waals surface area contributed by atoms with Gasteiger partial charge in [-0.05, 0) is 44.3 Å². The fourth-order valence-corrected chi connectivity index (χ4v) is 4.53. The molecule has 0 radical (unpaired) electrons. The molecule has 1 heterocycles. The van der Waals surface area contributed by atoms with Crippen LogP contribution in [-0.2, 0) is 28.6 Å². The summed E-state index contributed by atoms with van der Waals surface area (Å²) in [5.41, 5.74) is 6.35. The molecule has 208 valence electrons. The van der Waals surface area contributed by atoms with Crippen LogP contribution in [0.2, 0.25) is 0 Å². The molecule has 10 heteroatoms. The number of methoxy groups -OCH3 is 2. The Balaban J connectivity index is 2.53. The number of Topliss-reactive ketones (excluding diaryl/α,β-unsaturated/α-hetero) is 1. The van der Waals surface area contributed by atoms with Crippen LogP contribution in [0, 0.1) is 11.8 Å². The summed E-state index contributed by atoms with van der Waals surface area (Å²) >= 11 is 0. The summed E-state index contributed by atoms with van der Waals surface area (Å²) in [6.07, 6.45) is 5.27. The van der Waals surface area contributed by atoms with Gasteiger partial charge in [-0.1, -0.05) is 38.2 Å². The average Bonchev–Trinajstić information content (AvgIpc) is 2.85. The van der Waals surface area contributed by atoms with Gasteiger partial charge in [0.1, 0.15) is 6.10 Å². The number of nitrogens with one attached hydrogen (secondary N) is 1. The van der Waals surface area contributed by atoms with Crippen LogP contribution in [-0.4, -0.2) is 67.3 Å². The lowest BCUT2D eigenvalue weighted by Gasteiger charge is -2.29. The fourth-order valence-electron chi connectivity index (χ4n) is 4.53. The van der Waals surface area contributed by atoms with Crippen molar-refractivity contribution in [3.8, 4) is 0 Å². The zero-order valence-corrected chi connectivity index (χ0v) is 22.7. The first kappa shape index (κ1) is 30.9. The number of carbonyl (C=O) groups excluding carboxylic acids is 4. The summed E-state index contributed by atoms with van der Waals surface area (Å²) in [6, 6.07) is 0. The Kier molecular flexibility index (Phi) is 11.4. The Hall–Kier alpha value is -3.34. The van der Waals surface area contributed by atoms with E-state index in [0.717, 1.165) is 6.08 Å². The van der Waals surface area contributed by atoms with Gasteiger partial charge in [0, 0.05) is 37.4 Å². The summed E-state index contributed by atoms with van der Waals surface area (Å²) in [7, 11) is 2.92. The fraction of sp³-hybridized carbons (Fsp3) is 0.500. The van der Waals surface area contributed by atoms with Crippen LogP contribution in [0.25, 0.3) is 0 Å². The van der Waals surface area contributed by atoms with Crippen molar-refractivity contribution in [2.24, 2.45) is 17.6 Å². The maximum Gasteiger partial charge on any atom is 0.405 e. The lowest BCUT2D eigenvalue weighted by Crippen LogP contribution is -2.37. The summed E-state index contributed by atoms with van der Waals surface area (Å²) in [5, 5.41) is 13.6. The molecular weight excluding hydrogens is 492 g/mol. The first-order valence-corrected chi connectivity index (χ1v) is 12.4. The van der Waals surface area contributed by atoms with E-state index in [9.17, 15) is 24.3 Å². The summed E-state index contributed by atoms with van der Waals surface area (Å²) in [4.78, 5) is 49.7. The number of aliphatic hydroxyl groups is 1. The molecule has 0 aromatic heterocycles. The van der Waals surface area contributed by atoms with Gasteiger partial charge in [0.05, 0.1) is 17.9 Å². The highest BCUT2D eigenvalue weighted by Gasteiger charge is 2.31. The van der Waals surface area contributed by atoms with Crippen molar-refractivity contribution in [1.82, 2.24) is 5.32 Å². The van der Waals surface area contributed by atoms with Crippen LogP contribution in [0.15, 0.2) is 58.9 Å². The third-order valence-electron chi connectivity index (χ3n) is 6.61. The Morgan fingerprint density at radius 3 is 2.39 bits per heavy atom. The molecule has 6 atom stereocenters. The van der Waals surface area contributed by atoms with Gasteiger partial charge in [-0.3, -0.25) is 14.4 Å². The molecule has 0 aromatic carbocycles. The van der Waals surface area contributed by atoms with Crippen molar-refractivity contribution in [1.29, 1.82) is 0 Å².